The van der Waals surface area contributed by atoms with Gasteiger partial charge in [0.05, 0.1) is 0 Å². The molecule has 1 aromatic carbocycles. The molecule has 2 heteroatoms. The van der Waals surface area contributed by atoms with E-state index in [9.17, 15) is 4.79 Å². The highest BCUT2D eigenvalue weighted by atomic mass is 16.1. The monoisotopic (exact) mass is 159 g/mol. The van der Waals surface area contributed by atoms with Crippen molar-refractivity contribution in [3.8, 4) is 0 Å². The quantitative estimate of drug-likeness (QED) is 0.625. The lowest BCUT2D eigenvalue weighted by Crippen LogP contribution is -2.08. The smallest absolute Gasteiger partial charge is 0.251 e. The average Bonchev–Trinajstić information content (AvgIpc) is 2.12. The Balaban J connectivity index is 3.01. The molecule has 1 N–H and O–H groups in total. The number of nitrogens with one attached hydrogen (secondary N) is 1. The number of hydrogen-bond donors (Lipinski definition) is 1. The van der Waals surface area contributed by atoms with Gasteiger partial charge in [-0.15, -0.1) is 0 Å². The standard InChI is InChI=1S/C10H9NO/c1-7-9-5-3-2-4-8(9)6-11-10(7)12/h2-6H,1H3,(H,11,12). The molecule has 0 bridgehead atoms. The first-order valence-electron chi connectivity index (χ1n) is 3.86. The van der Waals surface area contributed by atoms with Crippen LogP contribution in [0.1, 0.15) is 5.56 Å². The van der Waals surface area contributed by atoms with E-state index in [-0.39, 0.29) is 5.56 Å². The van der Waals surface area contributed by atoms with Crippen LogP contribution in [-0.4, -0.2) is 4.98 Å². The van der Waals surface area contributed by atoms with Crippen LogP contribution in [0.2, 0.25) is 0 Å². The summed E-state index contributed by atoms with van der Waals surface area (Å²) in [5.41, 5.74) is 0.779. The third-order valence-electron chi connectivity index (χ3n) is 2.06. The van der Waals surface area contributed by atoms with Gasteiger partial charge in [-0.05, 0) is 17.7 Å². The maximum Gasteiger partial charge on any atom is 0.251 e. The zero-order chi connectivity index (χ0) is 8.55. The number of rotatable bonds is 0. The molecule has 0 aliphatic rings. The Bertz CT molecular complexity index is 470. The van der Waals surface area contributed by atoms with Crippen LogP contribution in [-0.2, 0) is 0 Å². The minimum absolute atomic E-state index is 0.00583. The molecular formula is C10H9NO. The van der Waals surface area contributed by atoms with E-state index in [2.05, 4.69) is 4.98 Å². The molecular weight excluding hydrogens is 150 g/mol. The fourth-order valence-corrected chi connectivity index (χ4v) is 1.34. The van der Waals surface area contributed by atoms with Crippen molar-refractivity contribution in [1.29, 1.82) is 0 Å². The van der Waals surface area contributed by atoms with Gasteiger partial charge in [0.25, 0.3) is 5.56 Å². The lowest BCUT2D eigenvalue weighted by molar-refractivity contribution is 1.21. The number of fused-ring (bicyclic) bond motifs is 1. The van der Waals surface area contributed by atoms with Gasteiger partial charge in [0.15, 0.2) is 0 Å². The predicted octanol–water partition coefficient (Wildman–Crippen LogP) is 1.84. The summed E-state index contributed by atoms with van der Waals surface area (Å²) >= 11 is 0. The minimum atomic E-state index is -0.00583. The Hall–Kier alpha value is -1.57. The third kappa shape index (κ3) is 0.925. The van der Waals surface area contributed by atoms with Crippen LogP contribution >= 0.6 is 0 Å². The van der Waals surface area contributed by atoms with Gasteiger partial charge in [-0.1, -0.05) is 24.3 Å². The first-order chi connectivity index (χ1) is 5.79. The Labute approximate surface area is 69.9 Å². The van der Waals surface area contributed by atoms with E-state index in [1.165, 1.54) is 0 Å². The molecule has 0 unspecified atom stereocenters. The van der Waals surface area contributed by atoms with Gasteiger partial charge >= 0.3 is 0 Å². The number of benzene rings is 1. The van der Waals surface area contributed by atoms with E-state index in [0.717, 1.165) is 16.3 Å². The highest BCUT2D eigenvalue weighted by Gasteiger charge is 1.98. The van der Waals surface area contributed by atoms with Crippen LogP contribution in [0.25, 0.3) is 10.8 Å². The zero-order valence-corrected chi connectivity index (χ0v) is 6.79. The van der Waals surface area contributed by atoms with Gasteiger partial charge in [-0.25, -0.2) is 0 Å². The molecule has 2 rings (SSSR count). The largest absolute Gasteiger partial charge is 0.328 e. The van der Waals surface area contributed by atoms with Crippen molar-refractivity contribution in [2.24, 2.45) is 0 Å². The lowest BCUT2D eigenvalue weighted by Gasteiger charge is -1.98. The molecule has 0 amide bonds. The van der Waals surface area contributed by atoms with E-state index in [4.69, 9.17) is 0 Å². The summed E-state index contributed by atoms with van der Waals surface area (Å²) in [6.07, 6.45) is 1.74. The second-order valence-electron chi connectivity index (χ2n) is 2.83. The predicted molar refractivity (Wildman–Crippen MR) is 49.3 cm³/mol. The van der Waals surface area contributed by atoms with Crippen molar-refractivity contribution in [2.75, 3.05) is 0 Å². The molecule has 12 heavy (non-hydrogen) atoms. The number of aromatic nitrogens is 1. The van der Waals surface area contributed by atoms with Gasteiger partial charge in [-0.3, -0.25) is 4.79 Å². The maximum atomic E-state index is 11.2. The van der Waals surface area contributed by atoms with Crippen molar-refractivity contribution >= 4 is 10.8 Å². The van der Waals surface area contributed by atoms with Gasteiger partial charge in [0.2, 0.25) is 0 Å². The summed E-state index contributed by atoms with van der Waals surface area (Å²) in [5.74, 6) is 0. The number of aromatic amines is 1. The Morgan fingerprint density at radius 1 is 1.25 bits per heavy atom. The van der Waals surface area contributed by atoms with E-state index in [0.29, 0.717) is 0 Å². The second-order valence-corrected chi connectivity index (χ2v) is 2.83. The van der Waals surface area contributed by atoms with Gasteiger partial charge < -0.3 is 4.98 Å². The summed E-state index contributed by atoms with van der Waals surface area (Å²) in [4.78, 5) is 13.9. The van der Waals surface area contributed by atoms with E-state index in [1.54, 1.807) is 6.20 Å². The van der Waals surface area contributed by atoms with Crippen LogP contribution < -0.4 is 5.56 Å². The van der Waals surface area contributed by atoms with E-state index in [1.807, 2.05) is 31.2 Å². The van der Waals surface area contributed by atoms with Crippen molar-refractivity contribution < 1.29 is 0 Å². The minimum Gasteiger partial charge on any atom is -0.328 e. The second kappa shape index (κ2) is 2.48. The Morgan fingerprint density at radius 2 is 2.00 bits per heavy atom. The molecule has 0 saturated carbocycles. The van der Waals surface area contributed by atoms with Crippen LogP contribution in [0.3, 0.4) is 0 Å². The number of hydrogen-bond acceptors (Lipinski definition) is 1. The topological polar surface area (TPSA) is 32.9 Å². The molecule has 0 saturated heterocycles. The number of aryl methyl sites for hydroxylation is 1. The first kappa shape index (κ1) is 7.10. The molecule has 0 atom stereocenters. The highest BCUT2D eigenvalue weighted by molar-refractivity contribution is 5.84. The summed E-state index contributed by atoms with van der Waals surface area (Å²) in [7, 11) is 0. The fourth-order valence-electron chi connectivity index (χ4n) is 1.34. The fraction of sp³-hybridized carbons (Fsp3) is 0.100. The molecule has 0 aliphatic heterocycles. The zero-order valence-electron chi connectivity index (χ0n) is 6.79. The van der Waals surface area contributed by atoms with Gasteiger partial charge in [0.1, 0.15) is 0 Å². The van der Waals surface area contributed by atoms with E-state index >= 15 is 0 Å². The highest BCUT2D eigenvalue weighted by Crippen LogP contribution is 2.12. The molecule has 60 valence electrons. The van der Waals surface area contributed by atoms with Crippen molar-refractivity contribution in [1.82, 2.24) is 4.98 Å². The molecule has 0 fully saturated rings. The normalized spacial score (nSPS) is 10.4. The van der Waals surface area contributed by atoms with Crippen molar-refractivity contribution in [2.45, 2.75) is 6.92 Å². The van der Waals surface area contributed by atoms with Crippen LogP contribution in [0.4, 0.5) is 0 Å². The van der Waals surface area contributed by atoms with Gasteiger partial charge in [-0.2, -0.15) is 0 Å². The average molecular weight is 159 g/mol. The summed E-state index contributed by atoms with van der Waals surface area (Å²) in [6.45, 7) is 1.83. The van der Waals surface area contributed by atoms with Gasteiger partial charge in [0, 0.05) is 11.8 Å². The molecule has 1 heterocycles. The molecule has 2 nitrogen and oxygen atoms in total. The van der Waals surface area contributed by atoms with E-state index < -0.39 is 0 Å². The third-order valence-corrected chi connectivity index (χ3v) is 2.06. The van der Waals surface area contributed by atoms with Crippen molar-refractivity contribution in [3.63, 3.8) is 0 Å². The number of H-pyrrole nitrogens is 1. The Morgan fingerprint density at radius 3 is 2.83 bits per heavy atom. The van der Waals surface area contributed by atoms with Crippen LogP contribution in [0.15, 0.2) is 35.3 Å². The van der Waals surface area contributed by atoms with Crippen LogP contribution in [0.5, 0.6) is 0 Å². The summed E-state index contributed by atoms with van der Waals surface area (Å²) < 4.78 is 0. The summed E-state index contributed by atoms with van der Waals surface area (Å²) in [5, 5.41) is 2.11. The maximum absolute atomic E-state index is 11.2. The SMILES string of the molecule is Cc1c(=O)[nH]cc2ccccc12. The molecule has 1 aromatic heterocycles. The molecule has 2 aromatic rings. The lowest BCUT2D eigenvalue weighted by atomic mass is 10.1. The first-order valence-corrected chi connectivity index (χ1v) is 3.86. The van der Waals surface area contributed by atoms with Crippen LogP contribution in [0, 0.1) is 6.92 Å². The van der Waals surface area contributed by atoms with Crippen molar-refractivity contribution in [3.05, 3.63) is 46.4 Å². The number of pyridine rings is 1. The summed E-state index contributed by atoms with van der Waals surface area (Å²) in [6, 6.07) is 7.84. The molecule has 0 radical (unpaired) electrons. The Kier molecular flexibility index (Phi) is 1.47. The molecule has 0 aliphatic carbocycles. The molecule has 0 spiro atoms.